The molecular formula is C29H28O8. The SMILES string of the molecule is COC(=O)C1=C[C@H](OCc2ccc(OC)cc2)[C@@H](OC(=O)c2ccccc2)[C@H](OCc2ccccc2)O1. The lowest BCUT2D eigenvalue weighted by atomic mass is 10.1. The number of ether oxygens (including phenoxy) is 6. The molecule has 3 aromatic rings. The molecule has 0 fully saturated rings. The van der Waals surface area contributed by atoms with Gasteiger partial charge in [0.1, 0.15) is 11.9 Å². The van der Waals surface area contributed by atoms with Crippen molar-refractivity contribution in [3.05, 3.63) is 113 Å². The predicted octanol–water partition coefficient (Wildman–Crippen LogP) is 4.44. The minimum atomic E-state index is -1.13. The third kappa shape index (κ3) is 6.97. The monoisotopic (exact) mass is 504 g/mol. The molecule has 0 aliphatic carbocycles. The molecule has 37 heavy (non-hydrogen) atoms. The molecule has 0 aromatic heterocycles. The van der Waals surface area contributed by atoms with E-state index in [2.05, 4.69) is 0 Å². The molecule has 0 amide bonds. The van der Waals surface area contributed by atoms with Gasteiger partial charge in [0.05, 0.1) is 33.0 Å². The molecule has 0 N–H and O–H groups in total. The fourth-order valence-electron chi connectivity index (χ4n) is 3.67. The van der Waals surface area contributed by atoms with Crippen molar-refractivity contribution in [1.82, 2.24) is 0 Å². The van der Waals surface area contributed by atoms with Crippen molar-refractivity contribution in [2.75, 3.05) is 14.2 Å². The van der Waals surface area contributed by atoms with Crippen LogP contribution < -0.4 is 4.74 Å². The largest absolute Gasteiger partial charge is 0.497 e. The Morgan fingerprint density at radius 1 is 0.757 bits per heavy atom. The van der Waals surface area contributed by atoms with E-state index < -0.39 is 30.4 Å². The van der Waals surface area contributed by atoms with Gasteiger partial charge in [-0.1, -0.05) is 60.7 Å². The van der Waals surface area contributed by atoms with E-state index in [0.29, 0.717) is 11.3 Å². The maximum Gasteiger partial charge on any atom is 0.373 e. The van der Waals surface area contributed by atoms with Gasteiger partial charge in [0.25, 0.3) is 0 Å². The molecular weight excluding hydrogens is 476 g/mol. The Morgan fingerprint density at radius 3 is 2.03 bits per heavy atom. The van der Waals surface area contributed by atoms with Gasteiger partial charge in [-0.25, -0.2) is 9.59 Å². The second-order valence-corrected chi connectivity index (χ2v) is 8.16. The van der Waals surface area contributed by atoms with E-state index in [9.17, 15) is 9.59 Å². The summed E-state index contributed by atoms with van der Waals surface area (Å²) in [4.78, 5) is 25.4. The number of rotatable bonds is 10. The lowest BCUT2D eigenvalue weighted by molar-refractivity contribution is -0.219. The van der Waals surface area contributed by atoms with Crippen LogP contribution >= 0.6 is 0 Å². The van der Waals surface area contributed by atoms with Gasteiger partial charge in [0.15, 0.2) is 6.10 Å². The van der Waals surface area contributed by atoms with Crippen LogP contribution in [0.5, 0.6) is 5.75 Å². The first-order valence-corrected chi connectivity index (χ1v) is 11.7. The minimum absolute atomic E-state index is 0.0905. The first kappa shape index (κ1) is 25.9. The number of carbonyl (C=O) groups is 2. The van der Waals surface area contributed by atoms with Crippen LogP contribution in [0.3, 0.4) is 0 Å². The third-order valence-corrected chi connectivity index (χ3v) is 5.65. The highest BCUT2D eigenvalue weighted by molar-refractivity contribution is 5.89. The van der Waals surface area contributed by atoms with Crippen LogP contribution in [-0.2, 0) is 41.7 Å². The zero-order valence-corrected chi connectivity index (χ0v) is 20.6. The minimum Gasteiger partial charge on any atom is -0.497 e. The van der Waals surface area contributed by atoms with E-state index in [1.165, 1.54) is 13.2 Å². The molecule has 8 heteroatoms. The molecule has 0 saturated carbocycles. The number of hydrogen-bond donors (Lipinski definition) is 0. The molecule has 0 bridgehead atoms. The van der Waals surface area contributed by atoms with Crippen molar-refractivity contribution in [3.63, 3.8) is 0 Å². The standard InChI is InChI=1S/C29H28O8/c1-32-23-15-13-21(14-16-23)18-34-24-17-25(28(31)33-2)36-29(35-19-20-9-5-3-6-10-20)26(24)37-27(30)22-11-7-4-8-12-22/h3-17,24,26,29H,18-19H2,1-2H3/t24-,26+,29+/m0/s1. The van der Waals surface area contributed by atoms with Crippen molar-refractivity contribution in [1.29, 1.82) is 0 Å². The first-order valence-electron chi connectivity index (χ1n) is 11.7. The van der Waals surface area contributed by atoms with E-state index in [0.717, 1.165) is 11.1 Å². The third-order valence-electron chi connectivity index (χ3n) is 5.65. The van der Waals surface area contributed by atoms with Crippen LogP contribution in [0.15, 0.2) is 96.8 Å². The molecule has 1 aliphatic rings. The van der Waals surface area contributed by atoms with Crippen LogP contribution in [0.25, 0.3) is 0 Å². The summed E-state index contributed by atoms with van der Waals surface area (Å²) < 4.78 is 33.9. The maximum atomic E-state index is 13.0. The molecule has 4 rings (SSSR count). The Hall–Kier alpha value is -4.14. The quantitative estimate of drug-likeness (QED) is 0.375. The average Bonchev–Trinajstić information content (AvgIpc) is 2.96. The van der Waals surface area contributed by atoms with Crippen LogP contribution in [-0.4, -0.2) is 44.7 Å². The highest BCUT2D eigenvalue weighted by Crippen LogP contribution is 2.27. The van der Waals surface area contributed by atoms with E-state index in [1.807, 2.05) is 54.6 Å². The van der Waals surface area contributed by atoms with Gasteiger partial charge in [-0.2, -0.15) is 0 Å². The molecule has 3 aromatic carbocycles. The van der Waals surface area contributed by atoms with E-state index >= 15 is 0 Å². The summed E-state index contributed by atoms with van der Waals surface area (Å²) in [5.41, 5.74) is 2.10. The summed E-state index contributed by atoms with van der Waals surface area (Å²) in [6, 6.07) is 25.4. The zero-order chi connectivity index (χ0) is 26.0. The van der Waals surface area contributed by atoms with Gasteiger partial charge in [-0.05, 0) is 41.5 Å². The smallest absolute Gasteiger partial charge is 0.373 e. The van der Waals surface area contributed by atoms with Crippen LogP contribution in [0.4, 0.5) is 0 Å². The fraction of sp³-hybridized carbons (Fsp3) is 0.241. The molecule has 0 saturated heterocycles. The van der Waals surface area contributed by atoms with Gasteiger partial charge in [-0.3, -0.25) is 0 Å². The molecule has 3 atom stereocenters. The first-order chi connectivity index (χ1) is 18.1. The summed E-state index contributed by atoms with van der Waals surface area (Å²) in [5, 5.41) is 0. The topological polar surface area (TPSA) is 89.5 Å². The van der Waals surface area contributed by atoms with Gasteiger partial charge < -0.3 is 28.4 Å². The Balaban J connectivity index is 1.59. The second kappa shape index (κ2) is 12.7. The average molecular weight is 505 g/mol. The Bertz CT molecular complexity index is 1190. The normalized spacial score (nSPS) is 18.8. The van der Waals surface area contributed by atoms with Gasteiger partial charge in [-0.15, -0.1) is 0 Å². The van der Waals surface area contributed by atoms with Gasteiger partial charge >= 0.3 is 11.9 Å². The molecule has 192 valence electrons. The highest BCUT2D eigenvalue weighted by atomic mass is 16.7. The van der Waals surface area contributed by atoms with Gasteiger partial charge in [0, 0.05) is 0 Å². The second-order valence-electron chi connectivity index (χ2n) is 8.16. The molecule has 1 heterocycles. The molecule has 0 unspecified atom stereocenters. The summed E-state index contributed by atoms with van der Waals surface area (Å²) in [7, 11) is 2.84. The summed E-state index contributed by atoms with van der Waals surface area (Å²) in [5.74, 6) is -0.645. The lowest BCUT2D eigenvalue weighted by Gasteiger charge is -2.35. The number of methoxy groups -OCH3 is 2. The van der Waals surface area contributed by atoms with Crippen LogP contribution in [0.1, 0.15) is 21.5 Å². The van der Waals surface area contributed by atoms with Crippen molar-refractivity contribution < 1.29 is 38.0 Å². The number of carbonyl (C=O) groups excluding carboxylic acids is 2. The predicted molar refractivity (Wildman–Crippen MR) is 133 cm³/mol. The van der Waals surface area contributed by atoms with Gasteiger partial charge in [0.2, 0.25) is 12.0 Å². The van der Waals surface area contributed by atoms with E-state index in [-0.39, 0.29) is 19.0 Å². The number of esters is 2. The van der Waals surface area contributed by atoms with E-state index in [1.54, 1.807) is 37.4 Å². The number of benzene rings is 3. The van der Waals surface area contributed by atoms with Crippen molar-refractivity contribution in [2.45, 2.75) is 31.7 Å². The molecule has 0 radical (unpaired) electrons. The highest BCUT2D eigenvalue weighted by Gasteiger charge is 2.42. The van der Waals surface area contributed by atoms with E-state index in [4.69, 9.17) is 28.4 Å². The molecule has 8 nitrogen and oxygen atoms in total. The Labute approximate surface area is 215 Å². The zero-order valence-electron chi connectivity index (χ0n) is 20.6. The summed E-state index contributed by atoms with van der Waals surface area (Å²) >= 11 is 0. The molecule has 0 spiro atoms. The maximum absolute atomic E-state index is 13.0. The Kier molecular flexibility index (Phi) is 8.91. The number of hydrogen-bond acceptors (Lipinski definition) is 8. The van der Waals surface area contributed by atoms with Crippen LogP contribution in [0, 0.1) is 0 Å². The van der Waals surface area contributed by atoms with Crippen LogP contribution in [0.2, 0.25) is 0 Å². The summed E-state index contributed by atoms with van der Waals surface area (Å²) in [6.45, 7) is 0.328. The fourth-order valence-corrected chi connectivity index (χ4v) is 3.67. The van der Waals surface area contributed by atoms with Crippen molar-refractivity contribution >= 4 is 11.9 Å². The van der Waals surface area contributed by atoms with Crippen molar-refractivity contribution in [2.24, 2.45) is 0 Å². The summed E-state index contributed by atoms with van der Waals surface area (Å²) in [6.07, 6.45) is -1.56. The lowest BCUT2D eigenvalue weighted by Crippen LogP contribution is -2.48. The van der Waals surface area contributed by atoms with Crippen molar-refractivity contribution in [3.8, 4) is 5.75 Å². The Morgan fingerprint density at radius 2 is 1.38 bits per heavy atom. The molecule has 1 aliphatic heterocycles.